The molecular weight excluding hydrogens is 229 g/mol. The number of likely N-dealkylation sites (N-methyl/N-ethyl adjacent to an activating group) is 1. The second-order valence-electron chi connectivity index (χ2n) is 5.04. The minimum absolute atomic E-state index is 0.164. The van der Waals surface area contributed by atoms with Crippen LogP contribution in [0.25, 0.3) is 0 Å². The fourth-order valence-corrected chi connectivity index (χ4v) is 2.59. The van der Waals surface area contributed by atoms with Gasteiger partial charge in [0.1, 0.15) is 5.82 Å². The molecule has 2 rings (SSSR count). The van der Waals surface area contributed by atoms with Gasteiger partial charge in [-0.1, -0.05) is 19.1 Å². The van der Waals surface area contributed by atoms with Crippen molar-refractivity contribution < 1.29 is 9.13 Å². The van der Waals surface area contributed by atoms with Gasteiger partial charge in [0, 0.05) is 13.2 Å². The zero-order chi connectivity index (χ0) is 13.0. The van der Waals surface area contributed by atoms with Gasteiger partial charge in [0.15, 0.2) is 0 Å². The summed E-state index contributed by atoms with van der Waals surface area (Å²) in [6.07, 6.45) is 3.57. The van der Waals surface area contributed by atoms with Gasteiger partial charge >= 0.3 is 0 Å². The Hall–Kier alpha value is -0.930. The Kier molecular flexibility index (Phi) is 4.72. The van der Waals surface area contributed by atoms with Crippen molar-refractivity contribution in [2.24, 2.45) is 5.92 Å². The molecule has 1 fully saturated rings. The molecule has 0 radical (unpaired) electrons. The fourth-order valence-electron chi connectivity index (χ4n) is 2.59. The molecule has 1 aromatic carbocycles. The lowest BCUT2D eigenvalue weighted by Gasteiger charge is -2.27. The molecule has 0 heterocycles. The number of ether oxygens (including phenoxy) is 1. The van der Waals surface area contributed by atoms with Crippen LogP contribution in [0.4, 0.5) is 4.39 Å². The van der Waals surface area contributed by atoms with E-state index in [1.165, 1.54) is 18.9 Å². The topological polar surface area (TPSA) is 21.3 Å². The van der Waals surface area contributed by atoms with Crippen LogP contribution in [0.15, 0.2) is 24.3 Å². The first-order valence-corrected chi connectivity index (χ1v) is 6.75. The van der Waals surface area contributed by atoms with Crippen LogP contribution >= 0.6 is 0 Å². The third-order valence-electron chi connectivity index (χ3n) is 3.57. The summed E-state index contributed by atoms with van der Waals surface area (Å²) in [6.45, 7) is 3.00. The van der Waals surface area contributed by atoms with E-state index in [1.54, 1.807) is 19.2 Å². The molecule has 0 amide bonds. The van der Waals surface area contributed by atoms with Gasteiger partial charge in [0.05, 0.1) is 6.10 Å². The van der Waals surface area contributed by atoms with Gasteiger partial charge in [-0.05, 0) is 49.4 Å². The number of rotatable bonds is 7. The van der Waals surface area contributed by atoms with Gasteiger partial charge in [-0.25, -0.2) is 4.39 Å². The van der Waals surface area contributed by atoms with Crippen LogP contribution in [0, 0.1) is 11.7 Å². The highest BCUT2D eigenvalue weighted by Crippen LogP contribution is 2.36. The van der Waals surface area contributed by atoms with E-state index in [0.717, 1.165) is 18.5 Å². The molecular formula is C15H22FNO. The summed E-state index contributed by atoms with van der Waals surface area (Å²) in [5, 5.41) is 3.48. The molecule has 1 N–H and O–H groups in total. The maximum Gasteiger partial charge on any atom is 0.123 e. The van der Waals surface area contributed by atoms with Crippen LogP contribution in [0.5, 0.6) is 0 Å². The smallest absolute Gasteiger partial charge is 0.123 e. The average molecular weight is 251 g/mol. The lowest BCUT2D eigenvalue weighted by molar-refractivity contribution is 0.0515. The van der Waals surface area contributed by atoms with Crippen LogP contribution in [-0.2, 0) is 11.2 Å². The summed E-state index contributed by atoms with van der Waals surface area (Å²) in [6, 6.07) is 7.12. The van der Waals surface area contributed by atoms with Crippen LogP contribution in [-0.4, -0.2) is 25.8 Å². The molecule has 2 unspecified atom stereocenters. The van der Waals surface area contributed by atoms with Crippen molar-refractivity contribution in [1.82, 2.24) is 5.32 Å². The van der Waals surface area contributed by atoms with E-state index in [1.807, 2.05) is 6.07 Å². The third-order valence-corrected chi connectivity index (χ3v) is 3.57. The summed E-state index contributed by atoms with van der Waals surface area (Å²) < 4.78 is 18.8. The van der Waals surface area contributed by atoms with Crippen molar-refractivity contribution in [3.05, 3.63) is 35.6 Å². The number of hydrogen-bond acceptors (Lipinski definition) is 2. The van der Waals surface area contributed by atoms with Gasteiger partial charge < -0.3 is 10.1 Å². The average Bonchev–Trinajstić information content (AvgIpc) is 3.15. The molecule has 0 aliphatic heterocycles. The molecule has 1 aliphatic rings. The summed E-state index contributed by atoms with van der Waals surface area (Å²) in [5.41, 5.74) is 1.03. The third kappa shape index (κ3) is 3.53. The minimum Gasteiger partial charge on any atom is -0.380 e. The summed E-state index contributed by atoms with van der Waals surface area (Å²) in [4.78, 5) is 0. The monoisotopic (exact) mass is 251 g/mol. The van der Waals surface area contributed by atoms with Crippen molar-refractivity contribution >= 4 is 0 Å². The number of methoxy groups -OCH3 is 1. The lowest BCUT2D eigenvalue weighted by Crippen LogP contribution is -2.43. The van der Waals surface area contributed by atoms with E-state index in [0.29, 0.717) is 5.92 Å². The highest BCUT2D eigenvalue weighted by molar-refractivity contribution is 5.18. The minimum atomic E-state index is -0.164. The molecule has 1 aliphatic carbocycles. The zero-order valence-electron chi connectivity index (χ0n) is 11.2. The first kappa shape index (κ1) is 13.5. The van der Waals surface area contributed by atoms with Gasteiger partial charge in [-0.3, -0.25) is 0 Å². The number of nitrogens with one attached hydrogen (secondary N) is 1. The van der Waals surface area contributed by atoms with Crippen molar-refractivity contribution in [3.8, 4) is 0 Å². The normalized spacial score (nSPS) is 18.6. The standard InChI is InChI=1S/C15H22FNO/c1-3-17-14(15(18-2)12-7-8-12)10-11-5-4-6-13(16)9-11/h4-6,9,12,14-15,17H,3,7-8,10H2,1-2H3. The SMILES string of the molecule is CCNC(Cc1cccc(F)c1)C(OC)C1CC1. The van der Waals surface area contributed by atoms with Crippen LogP contribution < -0.4 is 5.32 Å². The van der Waals surface area contributed by atoms with Crippen LogP contribution in [0.1, 0.15) is 25.3 Å². The van der Waals surface area contributed by atoms with E-state index < -0.39 is 0 Å². The van der Waals surface area contributed by atoms with Crippen LogP contribution in [0.3, 0.4) is 0 Å². The second kappa shape index (κ2) is 6.30. The largest absolute Gasteiger partial charge is 0.380 e. The molecule has 0 bridgehead atoms. The van der Waals surface area contributed by atoms with Crippen molar-refractivity contribution in [3.63, 3.8) is 0 Å². The predicted octanol–water partition coefficient (Wildman–Crippen LogP) is 2.77. The lowest BCUT2D eigenvalue weighted by atomic mass is 9.98. The number of benzene rings is 1. The van der Waals surface area contributed by atoms with Crippen molar-refractivity contribution in [1.29, 1.82) is 0 Å². The summed E-state index contributed by atoms with van der Waals surface area (Å²) in [7, 11) is 1.78. The first-order valence-electron chi connectivity index (χ1n) is 6.75. The Balaban J connectivity index is 2.04. The van der Waals surface area contributed by atoms with Gasteiger partial charge in [0.25, 0.3) is 0 Å². The molecule has 18 heavy (non-hydrogen) atoms. The van der Waals surface area contributed by atoms with Gasteiger partial charge in [0.2, 0.25) is 0 Å². The maximum absolute atomic E-state index is 13.2. The van der Waals surface area contributed by atoms with Gasteiger partial charge in [-0.2, -0.15) is 0 Å². The van der Waals surface area contributed by atoms with Crippen molar-refractivity contribution in [2.75, 3.05) is 13.7 Å². The van der Waals surface area contributed by atoms with E-state index in [4.69, 9.17) is 4.74 Å². The Morgan fingerprint density at radius 3 is 2.78 bits per heavy atom. The summed E-state index contributed by atoms with van der Waals surface area (Å²) >= 11 is 0. The molecule has 1 saturated carbocycles. The Morgan fingerprint density at radius 1 is 1.44 bits per heavy atom. The van der Waals surface area contributed by atoms with E-state index in [-0.39, 0.29) is 18.0 Å². The fraction of sp³-hybridized carbons (Fsp3) is 0.600. The first-order chi connectivity index (χ1) is 8.74. The molecule has 2 nitrogen and oxygen atoms in total. The molecule has 2 atom stereocenters. The molecule has 0 saturated heterocycles. The van der Waals surface area contributed by atoms with Crippen molar-refractivity contribution in [2.45, 2.75) is 38.3 Å². The predicted molar refractivity (Wildman–Crippen MR) is 71.1 cm³/mol. The molecule has 3 heteroatoms. The highest BCUT2D eigenvalue weighted by Gasteiger charge is 2.36. The molecule has 1 aromatic rings. The van der Waals surface area contributed by atoms with Crippen LogP contribution in [0.2, 0.25) is 0 Å². The van der Waals surface area contributed by atoms with E-state index in [9.17, 15) is 4.39 Å². The number of halogens is 1. The second-order valence-corrected chi connectivity index (χ2v) is 5.04. The number of hydrogen-bond donors (Lipinski definition) is 1. The maximum atomic E-state index is 13.2. The molecule has 100 valence electrons. The Bertz CT molecular complexity index is 379. The zero-order valence-corrected chi connectivity index (χ0v) is 11.2. The molecule has 0 spiro atoms. The summed E-state index contributed by atoms with van der Waals surface area (Å²) in [5.74, 6) is 0.510. The highest BCUT2D eigenvalue weighted by atomic mass is 19.1. The van der Waals surface area contributed by atoms with E-state index >= 15 is 0 Å². The Labute approximate surface area is 109 Å². The van der Waals surface area contributed by atoms with Gasteiger partial charge in [-0.15, -0.1) is 0 Å². The van der Waals surface area contributed by atoms with E-state index in [2.05, 4.69) is 12.2 Å². The molecule has 0 aromatic heterocycles. The quantitative estimate of drug-likeness (QED) is 0.804. The Morgan fingerprint density at radius 2 is 2.22 bits per heavy atom.